The number of benzene rings is 1. The van der Waals surface area contributed by atoms with Gasteiger partial charge in [-0.05, 0) is 30.2 Å². The number of hydrogen-bond donors (Lipinski definition) is 2. The first-order valence-electron chi connectivity index (χ1n) is 6.56. The fraction of sp³-hybridized carbons (Fsp3) is 0.133. The van der Waals surface area contributed by atoms with Crippen LogP contribution in [0.1, 0.15) is 6.92 Å². The lowest BCUT2D eigenvalue weighted by atomic mass is 10.2. The van der Waals surface area contributed by atoms with Crippen molar-refractivity contribution in [3.8, 4) is 10.4 Å². The number of halogens is 1. The van der Waals surface area contributed by atoms with Crippen LogP contribution in [-0.4, -0.2) is 27.1 Å². The van der Waals surface area contributed by atoms with E-state index in [1.807, 2.05) is 36.4 Å². The lowest BCUT2D eigenvalue weighted by Gasteiger charge is -2.10. The average molecular weight is 334 g/mol. The third-order valence-corrected chi connectivity index (χ3v) is 4.39. The van der Waals surface area contributed by atoms with Gasteiger partial charge in [-0.25, -0.2) is 9.97 Å². The second-order valence-corrected chi connectivity index (χ2v) is 6.11. The highest BCUT2D eigenvalue weighted by atomic mass is 35.5. The van der Waals surface area contributed by atoms with E-state index in [9.17, 15) is 4.79 Å². The van der Waals surface area contributed by atoms with Gasteiger partial charge >= 0.3 is 5.97 Å². The van der Waals surface area contributed by atoms with Crippen molar-refractivity contribution in [3.05, 3.63) is 41.7 Å². The van der Waals surface area contributed by atoms with Crippen molar-refractivity contribution in [2.24, 2.45) is 0 Å². The molecule has 0 aliphatic heterocycles. The molecule has 3 rings (SSSR count). The molecular formula is C15H12ClN3O2S. The molecule has 2 aromatic heterocycles. The zero-order valence-corrected chi connectivity index (χ0v) is 13.1. The fourth-order valence-electron chi connectivity index (χ4n) is 2.02. The number of thiophene rings is 1. The molecule has 0 amide bonds. The minimum absolute atomic E-state index is 0.0917. The van der Waals surface area contributed by atoms with E-state index >= 15 is 0 Å². The second-order valence-electron chi connectivity index (χ2n) is 4.74. The molecule has 0 bridgehead atoms. The molecule has 0 aliphatic rings. The predicted octanol–water partition coefficient (Wildman–Crippen LogP) is 3.90. The first-order valence-corrected chi connectivity index (χ1v) is 7.76. The van der Waals surface area contributed by atoms with Crippen LogP contribution in [0, 0.1) is 0 Å². The number of aliphatic carboxylic acids is 1. The average Bonchev–Trinajstić information content (AvgIpc) is 2.92. The third kappa shape index (κ3) is 2.88. The van der Waals surface area contributed by atoms with Gasteiger partial charge in [0.05, 0.1) is 5.39 Å². The summed E-state index contributed by atoms with van der Waals surface area (Å²) in [6.07, 6.45) is 0. The van der Waals surface area contributed by atoms with E-state index in [4.69, 9.17) is 16.7 Å². The molecule has 3 aromatic rings. The number of nitrogens with zero attached hydrogens (tertiary/aromatic N) is 2. The normalized spacial score (nSPS) is 12.3. The van der Waals surface area contributed by atoms with Crippen molar-refractivity contribution in [1.82, 2.24) is 9.97 Å². The molecule has 5 nitrogen and oxygen atoms in total. The number of carbonyl (C=O) groups is 1. The maximum atomic E-state index is 11.0. The van der Waals surface area contributed by atoms with Gasteiger partial charge in [-0.3, -0.25) is 4.79 Å². The Hall–Kier alpha value is -2.18. The zero-order chi connectivity index (χ0) is 15.7. The predicted molar refractivity (Wildman–Crippen MR) is 88.6 cm³/mol. The number of carboxylic acid groups (broad SMARTS) is 1. The van der Waals surface area contributed by atoms with Gasteiger partial charge in [-0.1, -0.05) is 30.3 Å². The Kier molecular flexibility index (Phi) is 3.96. The summed E-state index contributed by atoms with van der Waals surface area (Å²) in [7, 11) is 0. The standard InChI is InChI=1S/C15H12ClN3O2S/c1-8(14(20)21)17-12-10-7-11(9-5-3-2-4-6-9)22-13(10)19-15(16)18-12/h2-8H,1H3,(H,20,21)(H,17,18,19). The van der Waals surface area contributed by atoms with Crippen LogP contribution in [0.3, 0.4) is 0 Å². The van der Waals surface area contributed by atoms with E-state index in [-0.39, 0.29) is 5.28 Å². The highest BCUT2D eigenvalue weighted by molar-refractivity contribution is 7.22. The van der Waals surface area contributed by atoms with Crippen LogP contribution in [0.5, 0.6) is 0 Å². The maximum absolute atomic E-state index is 11.0. The third-order valence-electron chi connectivity index (χ3n) is 3.15. The molecule has 1 atom stereocenters. The van der Waals surface area contributed by atoms with Crippen molar-refractivity contribution in [2.75, 3.05) is 5.32 Å². The highest BCUT2D eigenvalue weighted by Crippen LogP contribution is 2.36. The summed E-state index contributed by atoms with van der Waals surface area (Å²) in [5, 5.41) is 12.7. The summed E-state index contributed by atoms with van der Waals surface area (Å²) in [6.45, 7) is 1.55. The van der Waals surface area contributed by atoms with E-state index in [0.717, 1.165) is 20.7 Å². The summed E-state index contributed by atoms with van der Waals surface area (Å²) >= 11 is 7.43. The smallest absolute Gasteiger partial charge is 0.325 e. The van der Waals surface area contributed by atoms with E-state index in [0.29, 0.717) is 5.82 Å². The van der Waals surface area contributed by atoms with Gasteiger partial charge in [0, 0.05) is 4.88 Å². The summed E-state index contributed by atoms with van der Waals surface area (Å²) in [5.74, 6) is -0.523. The van der Waals surface area contributed by atoms with Crippen LogP contribution >= 0.6 is 22.9 Å². The Labute approximate surface area is 135 Å². The van der Waals surface area contributed by atoms with E-state index in [1.165, 1.54) is 11.3 Å². The van der Waals surface area contributed by atoms with Crippen LogP contribution in [-0.2, 0) is 4.79 Å². The molecule has 0 saturated heterocycles. The number of hydrogen-bond acceptors (Lipinski definition) is 5. The van der Waals surface area contributed by atoms with E-state index in [1.54, 1.807) is 6.92 Å². The Morgan fingerprint density at radius 1 is 1.32 bits per heavy atom. The van der Waals surface area contributed by atoms with Crippen molar-refractivity contribution in [1.29, 1.82) is 0 Å². The van der Waals surface area contributed by atoms with Gasteiger partial charge in [-0.2, -0.15) is 0 Å². The molecular weight excluding hydrogens is 322 g/mol. The molecule has 0 aliphatic carbocycles. The summed E-state index contributed by atoms with van der Waals surface area (Å²) in [5.41, 5.74) is 1.07. The van der Waals surface area contributed by atoms with Crippen molar-refractivity contribution >= 4 is 44.9 Å². The Morgan fingerprint density at radius 3 is 2.73 bits per heavy atom. The summed E-state index contributed by atoms with van der Waals surface area (Å²) in [4.78, 5) is 21.1. The monoisotopic (exact) mass is 333 g/mol. The zero-order valence-electron chi connectivity index (χ0n) is 11.6. The van der Waals surface area contributed by atoms with E-state index in [2.05, 4.69) is 15.3 Å². The Bertz CT molecular complexity index is 835. The SMILES string of the molecule is CC(Nc1nc(Cl)nc2sc(-c3ccccc3)cc12)C(=O)O. The highest BCUT2D eigenvalue weighted by Gasteiger charge is 2.16. The number of aromatic nitrogens is 2. The Morgan fingerprint density at radius 2 is 2.05 bits per heavy atom. The molecule has 0 fully saturated rings. The summed E-state index contributed by atoms with van der Waals surface area (Å²) < 4.78 is 0. The molecule has 0 saturated carbocycles. The minimum Gasteiger partial charge on any atom is -0.480 e. The number of anilines is 1. The van der Waals surface area contributed by atoms with Gasteiger partial charge in [0.15, 0.2) is 0 Å². The van der Waals surface area contributed by atoms with Crippen LogP contribution in [0.15, 0.2) is 36.4 Å². The topological polar surface area (TPSA) is 75.1 Å². The van der Waals surface area contributed by atoms with Crippen molar-refractivity contribution in [3.63, 3.8) is 0 Å². The number of carboxylic acids is 1. The molecule has 1 aromatic carbocycles. The first kappa shape index (κ1) is 14.7. The molecule has 0 spiro atoms. The second kappa shape index (κ2) is 5.90. The van der Waals surface area contributed by atoms with Gasteiger partial charge in [0.25, 0.3) is 0 Å². The lowest BCUT2D eigenvalue weighted by Crippen LogP contribution is -2.26. The van der Waals surface area contributed by atoms with Gasteiger partial charge in [0.1, 0.15) is 16.7 Å². The number of nitrogens with one attached hydrogen (secondary N) is 1. The minimum atomic E-state index is -0.957. The van der Waals surface area contributed by atoms with Crippen LogP contribution in [0.25, 0.3) is 20.7 Å². The molecule has 7 heteroatoms. The van der Waals surface area contributed by atoms with Gasteiger partial charge in [0.2, 0.25) is 5.28 Å². The van der Waals surface area contributed by atoms with E-state index < -0.39 is 12.0 Å². The molecule has 22 heavy (non-hydrogen) atoms. The fourth-order valence-corrected chi connectivity index (χ4v) is 3.27. The van der Waals surface area contributed by atoms with Crippen molar-refractivity contribution < 1.29 is 9.90 Å². The molecule has 0 radical (unpaired) electrons. The Balaban J connectivity index is 2.09. The van der Waals surface area contributed by atoms with Crippen LogP contribution in [0.2, 0.25) is 5.28 Å². The summed E-state index contributed by atoms with van der Waals surface area (Å²) in [6, 6.07) is 11.1. The largest absolute Gasteiger partial charge is 0.480 e. The van der Waals surface area contributed by atoms with Gasteiger partial charge in [-0.15, -0.1) is 11.3 Å². The number of fused-ring (bicyclic) bond motifs is 1. The molecule has 1 unspecified atom stereocenters. The number of rotatable bonds is 4. The first-order chi connectivity index (χ1) is 10.5. The molecule has 2 N–H and O–H groups in total. The van der Waals surface area contributed by atoms with Crippen LogP contribution in [0.4, 0.5) is 5.82 Å². The van der Waals surface area contributed by atoms with Crippen molar-refractivity contribution in [2.45, 2.75) is 13.0 Å². The van der Waals surface area contributed by atoms with Gasteiger partial charge < -0.3 is 10.4 Å². The quantitative estimate of drug-likeness (QED) is 0.708. The maximum Gasteiger partial charge on any atom is 0.325 e. The lowest BCUT2D eigenvalue weighted by molar-refractivity contribution is -0.137. The molecule has 112 valence electrons. The van der Waals surface area contributed by atoms with Crippen LogP contribution < -0.4 is 5.32 Å². The molecule has 2 heterocycles.